The first-order valence-electron chi connectivity index (χ1n) is 5.87. The van der Waals surface area contributed by atoms with E-state index >= 15 is 0 Å². The summed E-state index contributed by atoms with van der Waals surface area (Å²) in [6, 6.07) is 3.46. The molecule has 1 heterocycles. The van der Waals surface area contributed by atoms with E-state index in [2.05, 4.69) is 10.3 Å². The van der Waals surface area contributed by atoms with Gasteiger partial charge in [-0.1, -0.05) is 0 Å². The number of pyridine rings is 1. The summed E-state index contributed by atoms with van der Waals surface area (Å²) in [6.07, 6.45) is -0.571. The molecule has 1 rings (SSSR count). The predicted molar refractivity (Wildman–Crippen MR) is 70.8 cm³/mol. The number of nitrogens with zero attached hydrogens (tertiary/aromatic N) is 1. The highest BCUT2D eigenvalue weighted by atomic mass is 16.5. The van der Waals surface area contributed by atoms with Crippen LogP contribution in [-0.4, -0.2) is 42.6 Å². The Kier molecular flexibility index (Phi) is 5.67. The van der Waals surface area contributed by atoms with Gasteiger partial charge in [-0.2, -0.15) is 4.98 Å². The monoisotopic (exact) mass is 255 g/mol. The van der Waals surface area contributed by atoms with Crippen LogP contribution in [0.2, 0.25) is 0 Å². The van der Waals surface area contributed by atoms with E-state index in [-0.39, 0.29) is 12.7 Å². The van der Waals surface area contributed by atoms with Gasteiger partial charge in [0.25, 0.3) is 0 Å². The predicted octanol–water partition coefficient (Wildman–Crippen LogP) is 0.870. The third kappa shape index (κ3) is 4.77. The molecule has 1 unspecified atom stereocenters. The highest BCUT2D eigenvalue weighted by Crippen LogP contribution is 2.21. The normalized spacial score (nSPS) is 12.5. The van der Waals surface area contributed by atoms with Crippen LogP contribution in [0.15, 0.2) is 12.1 Å². The number of rotatable bonds is 7. The number of anilines is 2. The summed E-state index contributed by atoms with van der Waals surface area (Å²) in [6.45, 7) is 4.44. The zero-order chi connectivity index (χ0) is 13.5. The maximum Gasteiger partial charge on any atom is 0.239 e. The van der Waals surface area contributed by atoms with E-state index in [1.54, 1.807) is 19.2 Å². The Morgan fingerprint density at radius 3 is 2.78 bits per heavy atom. The zero-order valence-electron chi connectivity index (χ0n) is 11.0. The van der Waals surface area contributed by atoms with Crippen molar-refractivity contribution in [3.8, 4) is 5.88 Å². The van der Waals surface area contributed by atoms with E-state index in [9.17, 15) is 5.11 Å². The minimum atomic E-state index is -0.580. The molecule has 0 bridgehead atoms. The fraction of sp³-hybridized carbons (Fsp3) is 0.583. The Bertz CT molecular complexity index is 372. The van der Waals surface area contributed by atoms with E-state index in [1.807, 2.05) is 13.8 Å². The SMILES string of the molecule is COCC(O)CNc1ccc(N)c(OC(C)C)n1. The number of nitrogen functional groups attached to an aromatic ring is 1. The Balaban J connectivity index is 2.61. The van der Waals surface area contributed by atoms with Crippen LogP contribution in [0.1, 0.15) is 13.8 Å². The third-order valence-corrected chi connectivity index (χ3v) is 2.11. The van der Waals surface area contributed by atoms with E-state index in [1.165, 1.54) is 0 Å². The second-order valence-electron chi connectivity index (χ2n) is 4.25. The summed E-state index contributed by atoms with van der Waals surface area (Å²) >= 11 is 0. The Labute approximate surface area is 107 Å². The summed E-state index contributed by atoms with van der Waals surface area (Å²) < 4.78 is 10.3. The molecule has 0 aliphatic rings. The minimum absolute atomic E-state index is 0.00846. The summed E-state index contributed by atoms with van der Waals surface area (Å²) in [5, 5.41) is 12.5. The van der Waals surface area contributed by atoms with Crippen molar-refractivity contribution in [3.63, 3.8) is 0 Å². The van der Waals surface area contributed by atoms with E-state index in [4.69, 9.17) is 15.2 Å². The topological polar surface area (TPSA) is 89.6 Å². The van der Waals surface area contributed by atoms with Gasteiger partial charge in [0, 0.05) is 13.7 Å². The fourth-order valence-electron chi connectivity index (χ4n) is 1.34. The molecule has 0 saturated carbocycles. The van der Waals surface area contributed by atoms with Gasteiger partial charge in [-0.3, -0.25) is 0 Å². The maximum atomic E-state index is 9.51. The molecule has 0 aromatic carbocycles. The van der Waals surface area contributed by atoms with Crippen molar-refractivity contribution in [1.29, 1.82) is 0 Å². The van der Waals surface area contributed by atoms with Crippen molar-refractivity contribution in [2.24, 2.45) is 0 Å². The molecule has 102 valence electrons. The van der Waals surface area contributed by atoms with Gasteiger partial charge < -0.3 is 25.6 Å². The molecule has 18 heavy (non-hydrogen) atoms. The first-order chi connectivity index (χ1) is 8.52. The van der Waals surface area contributed by atoms with Crippen LogP contribution in [0.3, 0.4) is 0 Å². The lowest BCUT2D eigenvalue weighted by atomic mass is 10.3. The molecular weight excluding hydrogens is 234 g/mol. The molecule has 6 heteroatoms. The highest BCUT2D eigenvalue weighted by Gasteiger charge is 2.08. The van der Waals surface area contributed by atoms with Gasteiger partial charge in [-0.25, -0.2) is 0 Å². The van der Waals surface area contributed by atoms with Crippen molar-refractivity contribution >= 4 is 11.5 Å². The van der Waals surface area contributed by atoms with Crippen molar-refractivity contribution in [1.82, 2.24) is 4.98 Å². The van der Waals surface area contributed by atoms with Gasteiger partial charge in [0.15, 0.2) is 0 Å². The van der Waals surface area contributed by atoms with Gasteiger partial charge in [0.2, 0.25) is 5.88 Å². The molecule has 1 aromatic rings. The number of nitrogens with one attached hydrogen (secondary N) is 1. The summed E-state index contributed by atoms with van der Waals surface area (Å²) in [7, 11) is 1.54. The Morgan fingerprint density at radius 1 is 1.44 bits per heavy atom. The van der Waals surface area contributed by atoms with Crippen molar-refractivity contribution in [2.75, 3.05) is 31.3 Å². The molecule has 0 amide bonds. The number of hydrogen-bond acceptors (Lipinski definition) is 6. The number of methoxy groups -OCH3 is 1. The third-order valence-electron chi connectivity index (χ3n) is 2.11. The van der Waals surface area contributed by atoms with Crippen molar-refractivity contribution < 1.29 is 14.6 Å². The standard InChI is InChI=1S/C12H21N3O3/c1-8(2)18-12-10(13)4-5-11(15-12)14-6-9(16)7-17-3/h4-5,8-9,16H,6-7,13H2,1-3H3,(H,14,15). The quantitative estimate of drug-likeness (QED) is 0.670. The largest absolute Gasteiger partial charge is 0.473 e. The van der Waals surface area contributed by atoms with Gasteiger partial charge in [0.1, 0.15) is 5.82 Å². The molecular formula is C12H21N3O3. The van der Waals surface area contributed by atoms with Crippen LogP contribution in [0.25, 0.3) is 0 Å². The second-order valence-corrected chi connectivity index (χ2v) is 4.25. The molecule has 1 atom stereocenters. The molecule has 0 aliphatic heterocycles. The van der Waals surface area contributed by atoms with Crippen molar-refractivity contribution in [3.05, 3.63) is 12.1 Å². The smallest absolute Gasteiger partial charge is 0.239 e. The van der Waals surface area contributed by atoms with Crippen LogP contribution in [0.4, 0.5) is 11.5 Å². The fourth-order valence-corrected chi connectivity index (χ4v) is 1.34. The Hall–Kier alpha value is -1.53. The maximum absolute atomic E-state index is 9.51. The summed E-state index contributed by atoms with van der Waals surface area (Å²) in [5.74, 6) is 1.01. The van der Waals surface area contributed by atoms with E-state index in [0.29, 0.717) is 23.9 Å². The number of aromatic nitrogens is 1. The zero-order valence-corrected chi connectivity index (χ0v) is 11.0. The average molecular weight is 255 g/mol. The molecule has 4 N–H and O–H groups in total. The van der Waals surface area contributed by atoms with Gasteiger partial charge in [-0.05, 0) is 26.0 Å². The molecule has 6 nitrogen and oxygen atoms in total. The summed E-state index contributed by atoms with van der Waals surface area (Å²) in [5.41, 5.74) is 6.25. The average Bonchev–Trinajstić information content (AvgIpc) is 2.30. The lowest BCUT2D eigenvalue weighted by Gasteiger charge is -2.14. The molecule has 0 spiro atoms. The van der Waals surface area contributed by atoms with Crippen LogP contribution in [-0.2, 0) is 4.74 Å². The number of nitrogens with two attached hydrogens (primary N) is 1. The van der Waals surface area contributed by atoms with E-state index < -0.39 is 6.10 Å². The lowest BCUT2D eigenvalue weighted by molar-refractivity contribution is 0.0727. The molecule has 1 aromatic heterocycles. The van der Waals surface area contributed by atoms with E-state index in [0.717, 1.165) is 0 Å². The molecule has 0 fully saturated rings. The first kappa shape index (κ1) is 14.5. The van der Waals surface area contributed by atoms with Crippen LogP contribution >= 0.6 is 0 Å². The summed E-state index contributed by atoms with van der Waals surface area (Å²) in [4.78, 5) is 4.23. The van der Waals surface area contributed by atoms with Gasteiger partial charge in [0.05, 0.1) is 24.5 Å². The van der Waals surface area contributed by atoms with Crippen LogP contribution < -0.4 is 15.8 Å². The van der Waals surface area contributed by atoms with Gasteiger partial charge in [-0.15, -0.1) is 0 Å². The molecule has 0 saturated heterocycles. The number of aliphatic hydroxyl groups is 1. The molecule has 0 aliphatic carbocycles. The highest BCUT2D eigenvalue weighted by molar-refractivity contribution is 5.53. The Morgan fingerprint density at radius 2 is 2.17 bits per heavy atom. The van der Waals surface area contributed by atoms with Crippen LogP contribution in [0.5, 0.6) is 5.88 Å². The minimum Gasteiger partial charge on any atom is -0.473 e. The molecule has 0 radical (unpaired) electrons. The lowest BCUT2D eigenvalue weighted by Crippen LogP contribution is -2.24. The second kappa shape index (κ2) is 7.03. The number of aliphatic hydroxyl groups excluding tert-OH is 1. The first-order valence-corrected chi connectivity index (χ1v) is 5.87. The van der Waals surface area contributed by atoms with Crippen molar-refractivity contribution in [2.45, 2.75) is 26.1 Å². The number of hydrogen-bond donors (Lipinski definition) is 3. The van der Waals surface area contributed by atoms with Crippen LogP contribution in [0, 0.1) is 0 Å². The number of ether oxygens (including phenoxy) is 2. The van der Waals surface area contributed by atoms with Gasteiger partial charge >= 0.3 is 0 Å².